The number of urea groups is 1. The Hall–Kier alpha value is -4.59. The van der Waals surface area contributed by atoms with Crippen LogP contribution < -0.4 is 9.97 Å². The second-order valence-corrected chi connectivity index (χ2v) is 9.18. The Labute approximate surface area is 222 Å². The molecule has 2 aliphatic rings. The minimum Gasteiger partial charge on any atom is -0.535 e. The van der Waals surface area contributed by atoms with Crippen LogP contribution >= 0.6 is 0 Å². The molecule has 1 saturated heterocycles. The molecule has 0 aromatic heterocycles. The average Bonchev–Trinajstić information content (AvgIpc) is 2.90. The number of nitrogens with one attached hydrogen (secondary N) is 1. The zero-order chi connectivity index (χ0) is 28.4. The standard InChI is InChI=1S/C25H26BN3O10/c1-2-28-9-10-29(23(34)22(28)33)25(37)27-19(15-6-4-8-17(30)20(15)32)18(31)12-14-11-13-5-3-7-16(24(35)36)21(13)39-26(14)38/h3-8,14,19,30,32,38H,2,9-12H2,1H3,(H,27,37)(H,35,36)/t14-,19?/m1/s1. The highest BCUT2D eigenvalue weighted by molar-refractivity contribution is 6.47. The number of nitrogens with zero attached hydrogens (tertiary/aromatic N) is 2. The second kappa shape index (κ2) is 11.0. The first-order valence-electron chi connectivity index (χ1n) is 12.2. The predicted molar refractivity (Wildman–Crippen MR) is 134 cm³/mol. The van der Waals surface area contributed by atoms with Gasteiger partial charge in [0.05, 0.1) is 5.56 Å². The summed E-state index contributed by atoms with van der Waals surface area (Å²) >= 11 is 0. The summed E-state index contributed by atoms with van der Waals surface area (Å²) in [6.07, 6.45) is -0.323. The molecule has 4 amide bonds. The van der Waals surface area contributed by atoms with Gasteiger partial charge in [-0.1, -0.05) is 24.3 Å². The number of likely N-dealkylation sites (N-methyl/N-ethyl adjacent to an activating group) is 1. The Morgan fingerprint density at radius 2 is 1.82 bits per heavy atom. The van der Waals surface area contributed by atoms with Gasteiger partial charge in [-0.25, -0.2) is 9.59 Å². The van der Waals surface area contributed by atoms with Crippen LogP contribution in [-0.4, -0.2) is 86.5 Å². The Kier molecular flexibility index (Phi) is 7.76. The van der Waals surface area contributed by atoms with Crippen LogP contribution in [0.15, 0.2) is 36.4 Å². The summed E-state index contributed by atoms with van der Waals surface area (Å²) in [5.74, 6) is -6.00. The van der Waals surface area contributed by atoms with Gasteiger partial charge in [0.2, 0.25) is 0 Å². The van der Waals surface area contributed by atoms with Crippen molar-refractivity contribution in [3.63, 3.8) is 0 Å². The number of aromatic carboxylic acids is 1. The quantitative estimate of drug-likeness (QED) is 0.190. The van der Waals surface area contributed by atoms with E-state index in [1.807, 2.05) is 0 Å². The zero-order valence-corrected chi connectivity index (χ0v) is 20.9. The molecule has 2 atom stereocenters. The molecule has 1 unspecified atom stereocenters. The number of Topliss-reactive ketones (excluding diaryl/α,β-unsaturated/α-hetero) is 1. The number of phenols is 2. The summed E-state index contributed by atoms with van der Waals surface area (Å²) in [7, 11) is -1.56. The molecule has 2 aromatic rings. The Bertz CT molecular complexity index is 1350. The number of hydrogen-bond donors (Lipinski definition) is 5. The highest BCUT2D eigenvalue weighted by Gasteiger charge is 2.41. The van der Waals surface area contributed by atoms with Gasteiger partial charge in [-0.15, -0.1) is 0 Å². The number of carbonyl (C=O) groups excluding carboxylic acids is 4. The molecule has 39 heavy (non-hydrogen) atoms. The van der Waals surface area contributed by atoms with Gasteiger partial charge in [0, 0.05) is 37.4 Å². The van der Waals surface area contributed by atoms with Gasteiger partial charge in [0.1, 0.15) is 11.8 Å². The molecule has 0 saturated carbocycles. The number of piperazine rings is 1. The number of carboxylic acids is 1. The monoisotopic (exact) mass is 539 g/mol. The van der Waals surface area contributed by atoms with E-state index >= 15 is 0 Å². The number of benzene rings is 2. The van der Waals surface area contributed by atoms with Gasteiger partial charge in [-0.2, -0.15) is 0 Å². The number of aromatic hydroxyl groups is 2. The van der Waals surface area contributed by atoms with E-state index in [2.05, 4.69) is 5.32 Å². The predicted octanol–water partition coefficient (Wildman–Crippen LogP) is 0.682. The maximum Gasteiger partial charge on any atom is 0.526 e. The molecule has 2 aliphatic heterocycles. The van der Waals surface area contributed by atoms with Gasteiger partial charge in [-0.3, -0.25) is 19.3 Å². The van der Waals surface area contributed by atoms with E-state index in [0.29, 0.717) is 10.5 Å². The van der Waals surface area contributed by atoms with Crippen LogP contribution in [-0.2, 0) is 20.8 Å². The van der Waals surface area contributed by atoms with Crippen LogP contribution in [0, 0.1) is 0 Å². The third-order valence-corrected chi connectivity index (χ3v) is 6.80. The van der Waals surface area contributed by atoms with Gasteiger partial charge < -0.3 is 35.2 Å². The van der Waals surface area contributed by atoms with E-state index in [1.54, 1.807) is 13.0 Å². The van der Waals surface area contributed by atoms with Crippen molar-refractivity contribution in [2.24, 2.45) is 0 Å². The lowest BCUT2D eigenvalue weighted by Crippen LogP contribution is -2.58. The van der Waals surface area contributed by atoms with Crippen molar-refractivity contribution >= 4 is 36.7 Å². The Morgan fingerprint density at radius 1 is 1.10 bits per heavy atom. The molecule has 2 aromatic carbocycles. The number of rotatable bonds is 7. The first kappa shape index (κ1) is 27.4. The first-order valence-corrected chi connectivity index (χ1v) is 12.2. The van der Waals surface area contributed by atoms with Crippen LogP contribution in [0.25, 0.3) is 0 Å². The molecule has 0 bridgehead atoms. The molecular formula is C25H26BN3O10. The van der Waals surface area contributed by atoms with E-state index in [0.717, 1.165) is 0 Å². The van der Waals surface area contributed by atoms with E-state index in [9.17, 15) is 44.3 Å². The third-order valence-electron chi connectivity index (χ3n) is 6.80. The fourth-order valence-electron chi connectivity index (χ4n) is 4.69. The van der Waals surface area contributed by atoms with Gasteiger partial charge in [-0.05, 0) is 31.0 Å². The number of hydrogen-bond acceptors (Lipinski definition) is 9. The van der Waals surface area contributed by atoms with Crippen LogP contribution in [0.1, 0.15) is 40.9 Å². The molecule has 1 fully saturated rings. The van der Waals surface area contributed by atoms with Crippen molar-refractivity contribution in [3.05, 3.63) is 53.1 Å². The van der Waals surface area contributed by atoms with E-state index in [-0.39, 0.29) is 42.9 Å². The molecule has 13 nitrogen and oxygen atoms in total. The number of ketones is 1. The lowest BCUT2D eigenvalue weighted by atomic mass is 9.64. The lowest BCUT2D eigenvalue weighted by molar-refractivity contribution is -0.153. The maximum absolute atomic E-state index is 13.5. The summed E-state index contributed by atoms with van der Waals surface area (Å²) in [5, 5.41) is 42.8. The van der Waals surface area contributed by atoms with Crippen molar-refractivity contribution in [3.8, 4) is 17.2 Å². The van der Waals surface area contributed by atoms with Gasteiger partial charge in [0.25, 0.3) is 0 Å². The molecule has 0 spiro atoms. The largest absolute Gasteiger partial charge is 0.535 e. The number of amides is 4. The molecule has 204 valence electrons. The van der Waals surface area contributed by atoms with Gasteiger partial charge >= 0.3 is 30.9 Å². The maximum atomic E-state index is 13.5. The normalized spacial score (nSPS) is 17.8. The first-order chi connectivity index (χ1) is 18.5. The third kappa shape index (κ3) is 5.36. The summed E-state index contributed by atoms with van der Waals surface area (Å²) in [6.45, 7) is 1.95. The van der Waals surface area contributed by atoms with Crippen molar-refractivity contribution in [2.75, 3.05) is 19.6 Å². The Balaban J connectivity index is 1.59. The number of phenolic OH excluding ortho intramolecular Hbond substituents is 2. The topological polar surface area (TPSA) is 194 Å². The van der Waals surface area contributed by atoms with Crippen LogP contribution in [0.4, 0.5) is 4.79 Å². The summed E-state index contributed by atoms with van der Waals surface area (Å²) in [5.41, 5.74) is 0.143. The van der Waals surface area contributed by atoms with Crippen molar-refractivity contribution in [1.29, 1.82) is 0 Å². The minimum atomic E-state index is -1.57. The fourth-order valence-corrected chi connectivity index (χ4v) is 4.69. The SMILES string of the molecule is CCN1CCN(C(=O)NC(C(=O)C[C@H]2Cc3cccc(C(=O)O)c3OB2O)c2cccc(O)c2O)C(=O)C1=O. The van der Waals surface area contributed by atoms with Crippen LogP contribution in [0.3, 0.4) is 0 Å². The summed E-state index contributed by atoms with van der Waals surface area (Å²) < 4.78 is 5.44. The van der Waals surface area contributed by atoms with Gasteiger partial charge in [0.15, 0.2) is 17.3 Å². The molecule has 2 heterocycles. The minimum absolute atomic E-state index is 0.00826. The highest BCUT2D eigenvalue weighted by atomic mass is 16.5. The highest BCUT2D eigenvalue weighted by Crippen LogP contribution is 2.39. The molecule has 0 radical (unpaired) electrons. The zero-order valence-electron chi connectivity index (χ0n) is 20.9. The molecule has 4 rings (SSSR count). The summed E-state index contributed by atoms with van der Waals surface area (Å²) in [6, 6.07) is 5.61. The molecule has 14 heteroatoms. The average molecular weight is 539 g/mol. The smallest absolute Gasteiger partial charge is 0.526 e. The number of carbonyl (C=O) groups is 5. The van der Waals surface area contributed by atoms with Crippen molar-refractivity contribution in [1.82, 2.24) is 15.1 Å². The lowest BCUT2D eigenvalue weighted by Gasteiger charge is -2.33. The molecule has 5 N–H and O–H groups in total. The number of fused-ring (bicyclic) bond motifs is 1. The Morgan fingerprint density at radius 3 is 2.51 bits per heavy atom. The summed E-state index contributed by atoms with van der Waals surface area (Å²) in [4.78, 5) is 64.8. The fraction of sp³-hybridized carbons (Fsp3) is 0.320. The van der Waals surface area contributed by atoms with Crippen LogP contribution in [0.5, 0.6) is 17.2 Å². The number of carboxylic acid groups (broad SMARTS) is 1. The second-order valence-electron chi connectivity index (χ2n) is 9.18. The van der Waals surface area contributed by atoms with Crippen molar-refractivity contribution in [2.45, 2.75) is 31.6 Å². The van der Waals surface area contributed by atoms with Crippen LogP contribution in [0.2, 0.25) is 5.82 Å². The number of para-hydroxylation sites is 2. The van der Waals surface area contributed by atoms with E-state index < -0.39 is 66.5 Å². The van der Waals surface area contributed by atoms with Crippen molar-refractivity contribution < 1.29 is 49.0 Å². The number of imide groups is 1. The van der Waals surface area contributed by atoms with E-state index in [4.69, 9.17) is 4.65 Å². The molecular weight excluding hydrogens is 513 g/mol. The molecule has 0 aliphatic carbocycles. The van der Waals surface area contributed by atoms with E-state index in [1.165, 1.54) is 35.2 Å².